The second-order valence-corrected chi connectivity index (χ2v) is 14.7. The van der Waals surface area contributed by atoms with Crippen LogP contribution in [0, 0.1) is 5.92 Å². The van der Waals surface area contributed by atoms with Crippen LogP contribution in [-0.4, -0.2) is 83.0 Å². The molecule has 0 unspecified atom stereocenters. The number of carbonyl (C=O) groups excluding carboxylic acids is 5. The van der Waals surface area contributed by atoms with Gasteiger partial charge in [0.2, 0.25) is 0 Å². The summed E-state index contributed by atoms with van der Waals surface area (Å²) in [4.78, 5) is 67.6. The molecule has 0 bridgehead atoms. The lowest BCUT2D eigenvalue weighted by Crippen LogP contribution is -2.42. The number of pyridine rings is 1. The van der Waals surface area contributed by atoms with Crippen molar-refractivity contribution >= 4 is 46.1 Å². The molecule has 5 amide bonds. The topological polar surface area (TPSA) is 186 Å². The number of hydrogen-bond acceptors (Lipinski definition) is 10. The molecule has 1 fully saturated rings. The van der Waals surface area contributed by atoms with Gasteiger partial charge in [0, 0.05) is 49.4 Å². The molecule has 1 aliphatic carbocycles. The second kappa shape index (κ2) is 17.6. The van der Waals surface area contributed by atoms with E-state index in [2.05, 4.69) is 25.8 Å². The summed E-state index contributed by atoms with van der Waals surface area (Å²) >= 11 is 0. The van der Waals surface area contributed by atoms with Gasteiger partial charge in [-0.15, -0.1) is 0 Å². The highest BCUT2D eigenvalue weighted by atomic mass is 19.4. The van der Waals surface area contributed by atoms with E-state index in [1.54, 1.807) is 30.3 Å². The summed E-state index contributed by atoms with van der Waals surface area (Å²) in [5.41, 5.74) is 0.0993. The summed E-state index contributed by atoms with van der Waals surface area (Å²) in [7, 11) is 3.45. The van der Waals surface area contributed by atoms with Gasteiger partial charge in [0.05, 0.1) is 29.9 Å². The van der Waals surface area contributed by atoms with Crippen molar-refractivity contribution in [2.45, 2.75) is 44.4 Å². The highest BCUT2D eigenvalue weighted by molar-refractivity contribution is 6.49. The van der Waals surface area contributed by atoms with Gasteiger partial charge in [-0.1, -0.05) is 24.3 Å². The second-order valence-electron chi connectivity index (χ2n) is 14.7. The van der Waals surface area contributed by atoms with E-state index in [1.807, 2.05) is 29.3 Å². The maximum Gasteiger partial charge on any atom is 0.433 e. The number of ketones is 1. The number of likely N-dealkylation sites (N-methyl/N-ethyl adjacent to an activating group) is 1. The Bertz CT molecular complexity index is 2460. The molecule has 60 heavy (non-hydrogen) atoms. The molecule has 0 spiro atoms. The van der Waals surface area contributed by atoms with Crippen LogP contribution in [0.15, 0.2) is 79.0 Å². The predicted molar refractivity (Wildman–Crippen MR) is 212 cm³/mol. The van der Waals surface area contributed by atoms with Gasteiger partial charge in [0.1, 0.15) is 28.6 Å². The van der Waals surface area contributed by atoms with Crippen molar-refractivity contribution in [2.75, 3.05) is 39.1 Å². The van der Waals surface area contributed by atoms with Gasteiger partial charge in [-0.05, 0) is 86.7 Å². The van der Waals surface area contributed by atoms with Crippen LogP contribution < -0.4 is 30.7 Å². The van der Waals surface area contributed by atoms with Gasteiger partial charge < -0.3 is 30.3 Å². The van der Waals surface area contributed by atoms with E-state index in [9.17, 15) is 37.1 Å². The fraction of sp³-hybridized carbons (Fsp3) is 0.310. The smallest absolute Gasteiger partial charge is 0.433 e. The SMILES string of the molecule is COc1cc2nn(C3CCC(CN(C)CCNC(=O)NCc4cccc(Oc5cccc6c5C(=O)NC(=O)C6=O)c4)CC3)cc2cc1NC(=O)c1cccc(C(F)(F)F)n1. The maximum atomic E-state index is 13.2. The van der Waals surface area contributed by atoms with E-state index in [4.69, 9.17) is 14.6 Å². The third-order valence-electron chi connectivity index (χ3n) is 10.4. The Hall–Kier alpha value is -6.82. The first-order chi connectivity index (χ1) is 28.7. The zero-order valence-electron chi connectivity index (χ0n) is 32.6. The van der Waals surface area contributed by atoms with Crippen LogP contribution in [0.5, 0.6) is 17.2 Å². The minimum atomic E-state index is -4.68. The molecule has 2 aliphatic rings. The van der Waals surface area contributed by atoms with Crippen molar-refractivity contribution in [3.63, 3.8) is 0 Å². The number of amides is 5. The summed E-state index contributed by atoms with van der Waals surface area (Å²) in [6.45, 7) is 2.16. The quantitative estimate of drug-likeness (QED) is 0.0797. The Morgan fingerprint density at radius 3 is 2.47 bits per heavy atom. The van der Waals surface area contributed by atoms with Gasteiger partial charge >= 0.3 is 12.2 Å². The molecule has 0 atom stereocenters. The van der Waals surface area contributed by atoms with E-state index >= 15 is 0 Å². The standard InChI is InChI=1S/C42H41F3N8O7/c1-52(17-16-46-41(58)47-21-25-6-3-7-28(18-25)60-33-10-4-8-29-36(33)39(56)50-40(57)37(29)54)22-24-12-14-27(15-13-24)53-23-26-19-32(34(59-2)20-31(26)51-53)49-38(55)30-9-5-11-35(48-30)42(43,44)45/h3-11,18-20,23-24,27H,12-17,21-22H2,1-2H3,(H,49,55)(H2,46,47,58)(H,50,56,57). The normalized spacial score (nSPS) is 16.6. The number of imide groups is 1. The molecule has 1 aliphatic heterocycles. The lowest BCUT2D eigenvalue weighted by molar-refractivity contribution is -0.141. The fourth-order valence-electron chi connectivity index (χ4n) is 7.39. The molecule has 15 nitrogen and oxygen atoms in total. The van der Waals surface area contributed by atoms with Crippen molar-refractivity contribution < 1.29 is 46.6 Å². The first-order valence-electron chi connectivity index (χ1n) is 19.2. The van der Waals surface area contributed by atoms with Gasteiger partial charge in [-0.25, -0.2) is 9.78 Å². The van der Waals surface area contributed by atoms with Crippen LogP contribution >= 0.6 is 0 Å². The third-order valence-corrected chi connectivity index (χ3v) is 10.4. The lowest BCUT2D eigenvalue weighted by atomic mass is 9.86. The molecule has 1 saturated carbocycles. The van der Waals surface area contributed by atoms with Crippen molar-refractivity contribution in [2.24, 2.45) is 5.92 Å². The molecule has 7 rings (SSSR count). The van der Waals surface area contributed by atoms with Gasteiger partial charge in [-0.3, -0.25) is 29.2 Å². The Labute approximate surface area is 341 Å². The fourth-order valence-corrected chi connectivity index (χ4v) is 7.39. The zero-order chi connectivity index (χ0) is 42.6. The van der Waals surface area contributed by atoms with Crippen molar-refractivity contribution in [3.8, 4) is 17.2 Å². The molecule has 312 valence electrons. The summed E-state index contributed by atoms with van der Waals surface area (Å²) < 4.78 is 52.8. The van der Waals surface area contributed by atoms with Crippen LogP contribution in [0.1, 0.15) is 74.2 Å². The highest BCUT2D eigenvalue weighted by Gasteiger charge is 2.34. The summed E-state index contributed by atoms with van der Waals surface area (Å²) in [5, 5.41) is 15.9. The number of benzene rings is 3. The Morgan fingerprint density at radius 1 is 0.933 bits per heavy atom. The van der Waals surface area contributed by atoms with E-state index < -0.39 is 35.4 Å². The minimum absolute atomic E-state index is 0.0164. The van der Waals surface area contributed by atoms with Crippen molar-refractivity contribution in [1.82, 2.24) is 35.6 Å². The van der Waals surface area contributed by atoms with Crippen LogP contribution in [0.2, 0.25) is 0 Å². The zero-order valence-corrected chi connectivity index (χ0v) is 32.6. The molecular formula is C42H41F3N8O7. The van der Waals surface area contributed by atoms with E-state index in [-0.39, 0.29) is 46.9 Å². The molecule has 5 aromatic rings. The number of fused-ring (bicyclic) bond motifs is 2. The van der Waals surface area contributed by atoms with Crippen molar-refractivity contribution in [3.05, 3.63) is 107 Å². The molecular weight excluding hydrogens is 786 g/mol. The number of urea groups is 1. The summed E-state index contributed by atoms with van der Waals surface area (Å²) in [5.74, 6) is -2.04. The number of carbonyl (C=O) groups is 5. The Kier molecular flexibility index (Phi) is 12.1. The van der Waals surface area contributed by atoms with Crippen molar-refractivity contribution in [1.29, 1.82) is 0 Å². The average Bonchev–Trinajstić information content (AvgIpc) is 3.65. The molecule has 2 aromatic heterocycles. The molecule has 3 heterocycles. The number of aromatic nitrogens is 3. The number of hydrogen-bond donors (Lipinski definition) is 4. The number of anilines is 1. The largest absolute Gasteiger partial charge is 0.494 e. The first-order valence-corrected chi connectivity index (χ1v) is 19.2. The lowest BCUT2D eigenvalue weighted by Gasteiger charge is -2.31. The number of alkyl halides is 3. The number of rotatable bonds is 13. The predicted octanol–water partition coefficient (Wildman–Crippen LogP) is 6.12. The average molecular weight is 827 g/mol. The molecule has 18 heteroatoms. The van der Waals surface area contributed by atoms with E-state index in [0.29, 0.717) is 36.0 Å². The third kappa shape index (κ3) is 9.55. The monoisotopic (exact) mass is 826 g/mol. The minimum Gasteiger partial charge on any atom is -0.494 e. The highest BCUT2D eigenvalue weighted by Crippen LogP contribution is 2.36. The van der Waals surface area contributed by atoms with Gasteiger partial charge in [0.25, 0.3) is 23.5 Å². The van der Waals surface area contributed by atoms with Gasteiger partial charge in [0.15, 0.2) is 0 Å². The number of ether oxygens (including phenoxy) is 2. The molecule has 0 radical (unpaired) electrons. The molecule has 0 saturated heterocycles. The van der Waals surface area contributed by atoms with E-state index in [0.717, 1.165) is 55.3 Å². The van der Waals surface area contributed by atoms with Crippen LogP contribution in [0.3, 0.4) is 0 Å². The van der Waals surface area contributed by atoms with Crippen LogP contribution in [-0.2, 0) is 17.5 Å². The maximum absolute atomic E-state index is 13.2. The molecule has 4 N–H and O–H groups in total. The number of nitrogens with zero attached hydrogens (tertiary/aromatic N) is 4. The number of nitrogens with one attached hydrogen (secondary N) is 4. The van der Waals surface area contributed by atoms with Crippen LogP contribution in [0.25, 0.3) is 10.9 Å². The Morgan fingerprint density at radius 2 is 1.70 bits per heavy atom. The Balaban J connectivity index is 0.843. The number of methoxy groups -OCH3 is 1. The van der Waals surface area contributed by atoms with E-state index in [1.165, 1.54) is 31.4 Å². The number of halogens is 3. The van der Waals surface area contributed by atoms with Crippen LogP contribution in [0.4, 0.5) is 23.7 Å². The first kappa shape index (κ1) is 41.3. The molecule has 3 aromatic carbocycles. The van der Waals surface area contributed by atoms with Gasteiger partial charge in [-0.2, -0.15) is 18.3 Å². The number of Topliss-reactive ketones (excluding diaryl/α,β-unsaturated/α-hetero) is 1. The summed E-state index contributed by atoms with van der Waals surface area (Å²) in [6.07, 6.45) is 0.994. The summed E-state index contributed by atoms with van der Waals surface area (Å²) in [6, 6.07) is 17.7.